The third-order valence-electron chi connectivity index (χ3n) is 0.250. The summed E-state index contributed by atoms with van der Waals surface area (Å²) in [6.45, 7) is 15.8. The molecule has 62 valence electrons. The normalized spacial score (nSPS) is 9.00. The van der Waals surface area contributed by atoms with Crippen LogP contribution in [0.25, 0.3) is 0 Å². The second-order valence-electron chi connectivity index (χ2n) is 3.71. The summed E-state index contributed by atoms with van der Waals surface area (Å²) in [7, 11) is 0. The fraction of sp³-hybridized carbons (Fsp3) is 0.778. The van der Waals surface area contributed by atoms with Gasteiger partial charge in [-0.25, -0.2) is 12.8 Å². The van der Waals surface area contributed by atoms with E-state index in [4.69, 9.17) is 0 Å². The first kappa shape index (κ1) is 17.0. The van der Waals surface area contributed by atoms with Crippen molar-refractivity contribution in [3.05, 3.63) is 13.8 Å². The van der Waals surface area contributed by atoms with Crippen LogP contribution in [0.15, 0.2) is 0 Å². The van der Waals surface area contributed by atoms with E-state index in [1.54, 1.807) is 0 Å². The first-order valence-electron chi connectivity index (χ1n) is 3.50. The van der Waals surface area contributed by atoms with Gasteiger partial charge in [-0.05, 0) is 5.41 Å². The van der Waals surface area contributed by atoms with E-state index >= 15 is 0 Å². The summed E-state index contributed by atoms with van der Waals surface area (Å²) in [4.78, 5) is 0. The van der Waals surface area contributed by atoms with Crippen LogP contribution in [0, 0.1) is 19.3 Å². The first-order chi connectivity index (χ1) is 3.91. The van der Waals surface area contributed by atoms with Gasteiger partial charge in [0.2, 0.25) is 0 Å². The zero-order valence-corrected chi connectivity index (χ0v) is 10.7. The van der Waals surface area contributed by atoms with Gasteiger partial charge in [-0.2, -0.15) is 0 Å². The summed E-state index contributed by atoms with van der Waals surface area (Å²) >= 11 is 0. The molecule has 0 fully saturated rings. The van der Waals surface area contributed by atoms with Crippen molar-refractivity contribution < 1.29 is 21.1 Å². The van der Waals surface area contributed by atoms with Gasteiger partial charge >= 0.3 is 21.1 Å². The number of rotatable bonds is 1. The van der Waals surface area contributed by atoms with E-state index < -0.39 is 0 Å². The number of hydrogen-bond donors (Lipinski definition) is 0. The Morgan fingerprint density at radius 3 is 1.00 bits per heavy atom. The molecule has 0 radical (unpaired) electrons. The van der Waals surface area contributed by atoms with Crippen LogP contribution in [-0.4, -0.2) is 0 Å². The monoisotopic (exact) mass is 312 g/mol. The Morgan fingerprint density at radius 1 is 0.900 bits per heavy atom. The first-order valence-corrected chi connectivity index (χ1v) is 3.50. The quantitative estimate of drug-likeness (QED) is 0.650. The molecule has 0 heterocycles. The molecule has 0 aliphatic carbocycles. The largest absolute Gasteiger partial charge is 2.00 e. The molecule has 0 saturated heterocycles. The van der Waals surface area contributed by atoms with Gasteiger partial charge in [-0.15, -0.1) is 0 Å². The minimum atomic E-state index is 0. The molecule has 1 heteroatoms. The van der Waals surface area contributed by atoms with Crippen molar-refractivity contribution in [3.8, 4) is 0 Å². The van der Waals surface area contributed by atoms with E-state index in [9.17, 15) is 0 Å². The van der Waals surface area contributed by atoms with E-state index in [0.29, 0.717) is 5.41 Å². The van der Waals surface area contributed by atoms with Gasteiger partial charge in [0.15, 0.2) is 0 Å². The molecular weight excluding hydrogens is 292 g/mol. The molecule has 0 bridgehead atoms. The van der Waals surface area contributed by atoms with Crippen molar-refractivity contribution >= 4 is 0 Å². The molecule has 0 aromatic rings. The predicted octanol–water partition coefficient (Wildman–Crippen LogP) is 3.48. The minimum absolute atomic E-state index is 0. The standard InChI is InChI=1S/C5H12.C4H8.W/c1-5(2,3)4;1-3-4-2;/h1-4H3;1-4H2;/q;-2;+2. The van der Waals surface area contributed by atoms with E-state index in [2.05, 4.69) is 41.5 Å². The Balaban J connectivity index is -0.0000000910. The average Bonchev–Trinajstić information content (AvgIpc) is 1.61. The topological polar surface area (TPSA) is 0 Å². The van der Waals surface area contributed by atoms with E-state index in [1.807, 2.05) is 0 Å². The predicted molar refractivity (Wildman–Crippen MR) is 45.1 cm³/mol. The Bertz CT molecular complexity index is 35.2. The molecule has 0 aliphatic heterocycles. The smallest absolute Gasteiger partial charge is 0.346 e. The van der Waals surface area contributed by atoms with Gasteiger partial charge in [-0.1, -0.05) is 27.7 Å². The van der Waals surface area contributed by atoms with Crippen LogP contribution in [0.1, 0.15) is 40.5 Å². The van der Waals surface area contributed by atoms with Crippen LogP contribution in [-0.2, 0) is 21.1 Å². The SMILES string of the molecule is CC(C)(C)C.[CH2-]CC[CH2-].[W+2]. The maximum atomic E-state index is 3.54. The van der Waals surface area contributed by atoms with Gasteiger partial charge in [0.05, 0.1) is 0 Å². The van der Waals surface area contributed by atoms with Crippen LogP contribution in [0.3, 0.4) is 0 Å². The summed E-state index contributed by atoms with van der Waals surface area (Å²) in [6.07, 6.45) is 1.92. The third-order valence-corrected chi connectivity index (χ3v) is 0.250. The molecule has 0 spiro atoms. The fourth-order valence-corrected chi connectivity index (χ4v) is 0. The van der Waals surface area contributed by atoms with E-state index in [0.717, 1.165) is 12.8 Å². The molecule has 10 heavy (non-hydrogen) atoms. The molecule has 0 unspecified atom stereocenters. The van der Waals surface area contributed by atoms with Gasteiger partial charge in [-0.3, -0.25) is 0 Å². The molecule has 0 nitrogen and oxygen atoms in total. The van der Waals surface area contributed by atoms with Crippen LogP contribution < -0.4 is 0 Å². The van der Waals surface area contributed by atoms with Crippen molar-refractivity contribution in [2.45, 2.75) is 40.5 Å². The zero-order chi connectivity index (χ0) is 7.91. The molecule has 0 aromatic heterocycles. The van der Waals surface area contributed by atoms with Gasteiger partial charge in [0.1, 0.15) is 0 Å². The minimum Gasteiger partial charge on any atom is -0.346 e. The van der Waals surface area contributed by atoms with Crippen molar-refractivity contribution in [3.63, 3.8) is 0 Å². The maximum Gasteiger partial charge on any atom is 2.00 e. The average molecular weight is 312 g/mol. The molecule has 0 N–H and O–H groups in total. The second-order valence-corrected chi connectivity index (χ2v) is 3.71. The van der Waals surface area contributed by atoms with Crippen molar-refractivity contribution in [2.24, 2.45) is 5.41 Å². The Labute approximate surface area is 81.1 Å². The number of hydrogen-bond acceptors (Lipinski definition) is 0. The second kappa shape index (κ2) is 9.69. The molecule has 0 saturated carbocycles. The van der Waals surface area contributed by atoms with Crippen molar-refractivity contribution in [1.29, 1.82) is 0 Å². The Morgan fingerprint density at radius 2 is 1.00 bits per heavy atom. The van der Waals surface area contributed by atoms with Crippen molar-refractivity contribution in [1.82, 2.24) is 0 Å². The zero-order valence-electron chi connectivity index (χ0n) is 7.74. The third kappa shape index (κ3) is 180. The Kier molecular flexibility index (Phi) is 16.4. The molecule has 0 atom stereocenters. The van der Waals surface area contributed by atoms with Crippen LogP contribution in [0.4, 0.5) is 0 Å². The number of unbranched alkanes of at least 4 members (excludes halogenated alkanes) is 1. The van der Waals surface area contributed by atoms with Crippen LogP contribution in [0.2, 0.25) is 0 Å². The van der Waals surface area contributed by atoms with Crippen LogP contribution >= 0.6 is 0 Å². The summed E-state index contributed by atoms with van der Waals surface area (Å²) < 4.78 is 0. The van der Waals surface area contributed by atoms with Gasteiger partial charge < -0.3 is 13.8 Å². The molecular formula is C9H20W. The van der Waals surface area contributed by atoms with Crippen LogP contribution in [0.5, 0.6) is 0 Å². The molecule has 0 amide bonds. The fourth-order valence-electron chi connectivity index (χ4n) is 0. The molecule has 0 aliphatic rings. The Hall–Kier alpha value is 0.688. The maximum absolute atomic E-state index is 3.54. The summed E-state index contributed by atoms with van der Waals surface area (Å²) in [5.41, 5.74) is 0.500. The molecule has 0 rings (SSSR count). The summed E-state index contributed by atoms with van der Waals surface area (Å²) in [5, 5.41) is 0. The molecule has 0 aromatic carbocycles. The van der Waals surface area contributed by atoms with E-state index in [1.165, 1.54) is 0 Å². The summed E-state index contributed by atoms with van der Waals surface area (Å²) in [5.74, 6) is 0. The van der Waals surface area contributed by atoms with E-state index in [-0.39, 0.29) is 21.1 Å². The van der Waals surface area contributed by atoms with Gasteiger partial charge in [0, 0.05) is 0 Å². The summed E-state index contributed by atoms with van der Waals surface area (Å²) in [6, 6.07) is 0. The van der Waals surface area contributed by atoms with Crippen molar-refractivity contribution in [2.75, 3.05) is 0 Å². The van der Waals surface area contributed by atoms with Gasteiger partial charge in [0.25, 0.3) is 0 Å².